The van der Waals surface area contributed by atoms with E-state index in [2.05, 4.69) is 10.1 Å². The van der Waals surface area contributed by atoms with Crippen LogP contribution >= 0.6 is 0 Å². The molecule has 1 aromatic carbocycles. The van der Waals surface area contributed by atoms with Crippen molar-refractivity contribution in [3.05, 3.63) is 35.7 Å². The Bertz CT molecular complexity index is 613. The minimum Gasteiger partial charge on any atom is -0.334 e. The zero-order valence-electron chi connectivity index (χ0n) is 11.6. The lowest BCUT2D eigenvalue weighted by Crippen LogP contribution is -2.37. The molecule has 0 atom stereocenters. The molecule has 112 valence electrons. The van der Waals surface area contributed by atoms with Crippen LogP contribution in [-0.4, -0.2) is 10.1 Å². The fraction of sp³-hybridized carbons (Fsp3) is 0.467. The maximum absolute atomic E-state index is 13.7. The molecule has 4 nitrogen and oxygen atoms in total. The molecule has 0 saturated heterocycles. The number of nitrogens with two attached hydrogens (primary N) is 1. The normalized spacial score (nSPS) is 18.4. The summed E-state index contributed by atoms with van der Waals surface area (Å²) in [7, 11) is 0. The van der Waals surface area contributed by atoms with Gasteiger partial charge in [-0.25, -0.2) is 8.78 Å². The Morgan fingerprint density at radius 3 is 2.29 bits per heavy atom. The van der Waals surface area contributed by atoms with E-state index in [4.69, 9.17) is 10.3 Å². The first kappa shape index (κ1) is 14.1. The number of rotatable bonds is 2. The van der Waals surface area contributed by atoms with E-state index in [1.165, 1.54) is 6.07 Å². The Labute approximate surface area is 121 Å². The standard InChI is InChI=1S/C15H17F2N3O/c16-10-6-5-7-11(17)12(10)13-19-14(20-21-13)15(18)8-3-1-2-4-9-15/h5-7H,1-4,8-9,18H2. The molecule has 1 heterocycles. The summed E-state index contributed by atoms with van der Waals surface area (Å²) >= 11 is 0. The number of aromatic nitrogens is 2. The highest BCUT2D eigenvalue weighted by atomic mass is 19.1. The maximum Gasteiger partial charge on any atom is 0.263 e. The van der Waals surface area contributed by atoms with E-state index in [1.807, 2.05) is 0 Å². The van der Waals surface area contributed by atoms with E-state index in [9.17, 15) is 8.78 Å². The Morgan fingerprint density at radius 1 is 1.05 bits per heavy atom. The van der Waals surface area contributed by atoms with Crippen molar-refractivity contribution in [2.75, 3.05) is 0 Å². The maximum atomic E-state index is 13.7. The van der Waals surface area contributed by atoms with Gasteiger partial charge >= 0.3 is 0 Å². The predicted octanol–water partition coefficient (Wildman–Crippen LogP) is 3.52. The zero-order chi connectivity index (χ0) is 14.9. The summed E-state index contributed by atoms with van der Waals surface area (Å²) in [6.07, 6.45) is 5.76. The first-order valence-corrected chi connectivity index (χ1v) is 7.18. The van der Waals surface area contributed by atoms with Crippen molar-refractivity contribution in [3.8, 4) is 11.5 Å². The highest BCUT2D eigenvalue weighted by molar-refractivity contribution is 5.54. The van der Waals surface area contributed by atoms with E-state index in [0.717, 1.165) is 50.7 Å². The summed E-state index contributed by atoms with van der Waals surface area (Å²) in [5.41, 5.74) is 5.41. The molecule has 2 N–H and O–H groups in total. The third-order valence-electron chi connectivity index (χ3n) is 4.04. The monoisotopic (exact) mass is 293 g/mol. The van der Waals surface area contributed by atoms with E-state index in [1.54, 1.807) is 0 Å². The van der Waals surface area contributed by atoms with Gasteiger partial charge in [0, 0.05) is 0 Å². The predicted molar refractivity (Wildman–Crippen MR) is 73.2 cm³/mol. The van der Waals surface area contributed by atoms with Crippen LogP contribution in [0, 0.1) is 11.6 Å². The highest BCUT2D eigenvalue weighted by Gasteiger charge is 2.34. The number of halogens is 2. The molecule has 0 amide bonds. The molecule has 0 aliphatic heterocycles. The third-order valence-corrected chi connectivity index (χ3v) is 4.04. The summed E-state index contributed by atoms with van der Waals surface area (Å²) in [6.45, 7) is 0. The van der Waals surface area contributed by atoms with Crippen LogP contribution in [0.5, 0.6) is 0 Å². The topological polar surface area (TPSA) is 64.9 Å². The van der Waals surface area contributed by atoms with Gasteiger partial charge in [-0.3, -0.25) is 0 Å². The second kappa shape index (κ2) is 5.52. The van der Waals surface area contributed by atoms with E-state index < -0.39 is 17.2 Å². The van der Waals surface area contributed by atoms with Crippen LogP contribution < -0.4 is 5.73 Å². The molecule has 1 saturated carbocycles. The van der Waals surface area contributed by atoms with Gasteiger partial charge in [0.05, 0.1) is 5.54 Å². The molecule has 1 aliphatic rings. The van der Waals surface area contributed by atoms with Gasteiger partial charge in [-0.15, -0.1) is 0 Å². The second-order valence-electron chi connectivity index (χ2n) is 5.59. The average Bonchev–Trinajstić information content (AvgIpc) is 2.83. The third kappa shape index (κ3) is 2.68. The minimum absolute atomic E-state index is 0.158. The molecule has 1 aliphatic carbocycles. The molecule has 3 rings (SSSR count). The molecule has 21 heavy (non-hydrogen) atoms. The zero-order valence-corrected chi connectivity index (χ0v) is 11.6. The van der Waals surface area contributed by atoms with Crippen LogP contribution in [0.25, 0.3) is 11.5 Å². The van der Waals surface area contributed by atoms with Gasteiger partial charge in [0.15, 0.2) is 5.82 Å². The number of hydrogen-bond acceptors (Lipinski definition) is 4. The largest absolute Gasteiger partial charge is 0.334 e. The Morgan fingerprint density at radius 2 is 1.67 bits per heavy atom. The van der Waals surface area contributed by atoms with Gasteiger partial charge in [0.2, 0.25) is 0 Å². The van der Waals surface area contributed by atoms with Gasteiger partial charge in [-0.05, 0) is 25.0 Å². The molecule has 1 aromatic heterocycles. The molecule has 1 fully saturated rings. The molecule has 0 bridgehead atoms. The van der Waals surface area contributed by atoms with Gasteiger partial charge in [-0.2, -0.15) is 4.98 Å². The van der Waals surface area contributed by atoms with E-state index in [-0.39, 0.29) is 11.5 Å². The van der Waals surface area contributed by atoms with Crippen LogP contribution in [0.15, 0.2) is 22.7 Å². The lowest BCUT2D eigenvalue weighted by Gasteiger charge is -2.23. The van der Waals surface area contributed by atoms with Crippen molar-refractivity contribution in [1.29, 1.82) is 0 Å². The molecule has 0 unspecified atom stereocenters. The molecule has 0 spiro atoms. The van der Waals surface area contributed by atoms with E-state index >= 15 is 0 Å². The Balaban J connectivity index is 1.96. The highest BCUT2D eigenvalue weighted by Crippen LogP contribution is 2.33. The number of nitrogens with zero attached hydrogens (tertiary/aromatic N) is 2. The van der Waals surface area contributed by atoms with Gasteiger partial charge in [0.1, 0.15) is 17.2 Å². The quantitative estimate of drug-likeness (QED) is 0.860. The molecule has 2 aromatic rings. The lowest BCUT2D eigenvalue weighted by atomic mass is 9.91. The summed E-state index contributed by atoms with van der Waals surface area (Å²) < 4.78 is 32.5. The van der Waals surface area contributed by atoms with Crippen molar-refractivity contribution < 1.29 is 13.3 Å². The summed E-state index contributed by atoms with van der Waals surface area (Å²) in [5, 5.41) is 3.87. The number of hydrogen-bond donors (Lipinski definition) is 1. The molecule has 0 radical (unpaired) electrons. The van der Waals surface area contributed by atoms with Crippen LogP contribution in [0.3, 0.4) is 0 Å². The summed E-state index contributed by atoms with van der Waals surface area (Å²) in [6, 6.07) is 3.61. The lowest BCUT2D eigenvalue weighted by molar-refractivity contribution is 0.334. The fourth-order valence-corrected chi connectivity index (χ4v) is 2.81. The van der Waals surface area contributed by atoms with Crippen molar-refractivity contribution in [2.24, 2.45) is 5.73 Å². The van der Waals surface area contributed by atoms with Crippen molar-refractivity contribution in [3.63, 3.8) is 0 Å². The van der Waals surface area contributed by atoms with Crippen LogP contribution in [0.1, 0.15) is 44.3 Å². The first-order valence-electron chi connectivity index (χ1n) is 7.18. The summed E-state index contributed by atoms with van der Waals surface area (Å²) in [4.78, 5) is 4.16. The second-order valence-corrected chi connectivity index (χ2v) is 5.59. The van der Waals surface area contributed by atoms with Crippen molar-refractivity contribution >= 4 is 0 Å². The van der Waals surface area contributed by atoms with Gasteiger partial charge < -0.3 is 10.3 Å². The molecular formula is C15H17F2N3O. The van der Waals surface area contributed by atoms with Crippen LogP contribution in [0.2, 0.25) is 0 Å². The SMILES string of the molecule is NC1(c2noc(-c3c(F)cccc3F)n2)CCCCCC1. The number of benzene rings is 1. The van der Waals surface area contributed by atoms with Crippen molar-refractivity contribution in [2.45, 2.75) is 44.1 Å². The molecular weight excluding hydrogens is 276 g/mol. The Hall–Kier alpha value is -1.82. The minimum atomic E-state index is -0.725. The van der Waals surface area contributed by atoms with E-state index in [0.29, 0.717) is 5.82 Å². The van der Waals surface area contributed by atoms with Crippen LogP contribution in [-0.2, 0) is 5.54 Å². The van der Waals surface area contributed by atoms with Crippen molar-refractivity contribution in [1.82, 2.24) is 10.1 Å². The summed E-state index contributed by atoms with van der Waals surface area (Å²) in [5.74, 6) is -1.27. The molecule has 6 heteroatoms. The van der Waals surface area contributed by atoms with Gasteiger partial charge in [0.25, 0.3) is 5.89 Å². The van der Waals surface area contributed by atoms with Gasteiger partial charge in [-0.1, -0.05) is 36.9 Å². The average molecular weight is 293 g/mol. The fourth-order valence-electron chi connectivity index (χ4n) is 2.81. The Kier molecular flexibility index (Phi) is 3.71. The first-order chi connectivity index (χ1) is 10.1. The van der Waals surface area contributed by atoms with Crippen LogP contribution in [0.4, 0.5) is 8.78 Å². The smallest absolute Gasteiger partial charge is 0.263 e.